The van der Waals surface area contributed by atoms with Gasteiger partial charge in [-0.05, 0) is 49.6 Å². The molecule has 1 heterocycles. The van der Waals surface area contributed by atoms with Gasteiger partial charge in [-0.2, -0.15) is 0 Å². The van der Waals surface area contributed by atoms with Crippen molar-refractivity contribution in [2.45, 2.75) is 27.2 Å². The summed E-state index contributed by atoms with van der Waals surface area (Å²) < 4.78 is 5.88. The molecule has 2 rings (SSSR count). The van der Waals surface area contributed by atoms with Crippen LogP contribution in [0.5, 0.6) is 11.5 Å². The van der Waals surface area contributed by atoms with E-state index in [0.717, 1.165) is 30.3 Å². The predicted octanol–water partition coefficient (Wildman–Crippen LogP) is 4.31. The first kappa shape index (κ1) is 13.4. The summed E-state index contributed by atoms with van der Waals surface area (Å²) in [6.45, 7) is 7.18. The van der Waals surface area contributed by atoms with E-state index in [2.05, 4.69) is 37.1 Å². The molecule has 1 aromatic carbocycles. The highest BCUT2D eigenvalue weighted by Gasteiger charge is 2.01. The molecule has 0 fully saturated rings. The summed E-state index contributed by atoms with van der Waals surface area (Å²) in [5.41, 5.74) is 2.40. The van der Waals surface area contributed by atoms with Crippen molar-refractivity contribution >= 4 is 5.82 Å². The van der Waals surface area contributed by atoms with Crippen LogP contribution in [-0.2, 0) is 0 Å². The van der Waals surface area contributed by atoms with Crippen molar-refractivity contribution in [3.05, 3.63) is 47.7 Å². The number of benzene rings is 1. The first-order valence-electron chi connectivity index (χ1n) is 6.63. The molecule has 0 spiro atoms. The number of ether oxygens (including phenoxy) is 1. The van der Waals surface area contributed by atoms with Crippen LogP contribution in [-0.4, -0.2) is 11.5 Å². The van der Waals surface area contributed by atoms with Crippen molar-refractivity contribution in [1.29, 1.82) is 0 Å². The molecule has 0 radical (unpaired) electrons. The van der Waals surface area contributed by atoms with Gasteiger partial charge < -0.3 is 10.1 Å². The molecular weight excluding hydrogens is 236 g/mol. The molecule has 100 valence electrons. The van der Waals surface area contributed by atoms with Crippen LogP contribution in [0.4, 0.5) is 5.82 Å². The van der Waals surface area contributed by atoms with Gasteiger partial charge in [0, 0.05) is 18.8 Å². The van der Waals surface area contributed by atoms with Crippen LogP contribution in [0.3, 0.4) is 0 Å². The molecule has 0 atom stereocenters. The zero-order chi connectivity index (χ0) is 13.7. The maximum Gasteiger partial charge on any atom is 0.132 e. The molecule has 2 aromatic rings. The minimum atomic E-state index is 0.804. The SMILES string of the molecule is CCCNc1cc(Oc2cc(C)cc(C)c2)ccn1. The zero-order valence-corrected chi connectivity index (χ0v) is 11.7. The highest BCUT2D eigenvalue weighted by molar-refractivity contribution is 5.43. The summed E-state index contributed by atoms with van der Waals surface area (Å²) in [5.74, 6) is 2.52. The smallest absolute Gasteiger partial charge is 0.132 e. The van der Waals surface area contributed by atoms with E-state index in [4.69, 9.17) is 4.74 Å². The molecule has 1 aromatic heterocycles. The van der Waals surface area contributed by atoms with Crippen molar-refractivity contribution in [3.8, 4) is 11.5 Å². The number of aryl methyl sites for hydroxylation is 2. The van der Waals surface area contributed by atoms with Crippen molar-refractivity contribution < 1.29 is 4.74 Å². The summed E-state index contributed by atoms with van der Waals surface area (Å²) in [6, 6.07) is 9.99. The maximum atomic E-state index is 5.88. The van der Waals surface area contributed by atoms with Gasteiger partial charge in [0.15, 0.2) is 0 Å². The highest BCUT2D eigenvalue weighted by Crippen LogP contribution is 2.24. The minimum absolute atomic E-state index is 0.804. The van der Waals surface area contributed by atoms with Crippen LogP contribution in [0.2, 0.25) is 0 Å². The van der Waals surface area contributed by atoms with E-state index in [0.29, 0.717) is 0 Å². The van der Waals surface area contributed by atoms with E-state index in [1.165, 1.54) is 11.1 Å². The van der Waals surface area contributed by atoms with Crippen LogP contribution in [0.1, 0.15) is 24.5 Å². The monoisotopic (exact) mass is 256 g/mol. The first-order chi connectivity index (χ1) is 9.17. The second-order valence-electron chi connectivity index (χ2n) is 4.73. The third kappa shape index (κ3) is 3.98. The van der Waals surface area contributed by atoms with Crippen LogP contribution in [0, 0.1) is 13.8 Å². The van der Waals surface area contributed by atoms with Gasteiger partial charge in [-0.1, -0.05) is 13.0 Å². The van der Waals surface area contributed by atoms with Gasteiger partial charge in [0.05, 0.1) is 0 Å². The Labute approximate surface area is 114 Å². The third-order valence-corrected chi connectivity index (χ3v) is 2.72. The average Bonchev–Trinajstić information content (AvgIpc) is 2.35. The van der Waals surface area contributed by atoms with Crippen LogP contribution >= 0.6 is 0 Å². The van der Waals surface area contributed by atoms with E-state index in [-0.39, 0.29) is 0 Å². The van der Waals surface area contributed by atoms with Gasteiger partial charge in [-0.15, -0.1) is 0 Å². The Hall–Kier alpha value is -2.03. The summed E-state index contributed by atoms with van der Waals surface area (Å²) in [4.78, 5) is 4.26. The summed E-state index contributed by atoms with van der Waals surface area (Å²) >= 11 is 0. The zero-order valence-electron chi connectivity index (χ0n) is 11.7. The van der Waals surface area contributed by atoms with Crippen LogP contribution < -0.4 is 10.1 Å². The van der Waals surface area contributed by atoms with Gasteiger partial charge in [-0.25, -0.2) is 4.98 Å². The van der Waals surface area contributed by atoms with Gasteiger partial charge in [-0.3, -0.25) is 0 Å². The Morgan fingerprint density at radius 3 is 2.47 bits per heavy atom. The standard InChI is InChI=1S/C16H20N2O/c1-4-6-17-16-11-14(5-7-18-16)19-15-9-12(2)8-13(3)10-15/h5,7-11H,4,6H2,1-3H3,(H,17,18). The quantitative estimate of drug-likeness (QED) is 0.865. The lowest BCUT2D eigenvalue weighted by Gasteiger charge is -2.09. The van der Waals surface area contributed by atoms with Crippen LogP contribution in [0.15, 0.2) is 36.5 Å². The number of nitrogens with zero attached hydrogens (tertiary/aromatic N) is 1. The highest BCUT2D eigenvalue weighted by atomic mass is 16.5. The van der Waals surface area contributed by atoms with Crippen LogP contribution in [0.25, 0.3) is 0 Å². The molecule has 0 bridgehead atoms. The number of rotatable bonds is 5. The van der Waals surface area contributed by atoms with Crippen molar-refractivity contribution in [1.82, 2.24) is 4.98 Å². The maximum absolute atomic E-state index is 5.88. The van der Waals surface area contributed by atoms with Gasteiger partial charge in [0.25, 0.3) is 0 Å². The van der Waals surface area contributed by atoms with E-state index in [1.807, 2.05) is 24.3 Å². The third-order valence-electron chi connectivity index (χ3n) is 2.72. The summed E-state index contributed by atoms with van der Waals surface area (Å²) in [7, 11) is 0. The molecule has 0 amide bonds. The molecular formula is C16H20N2O. The predicted molar refractivity (Wildman–Crippen MR) is 79.0 cm³/mol. The fourth-order valence-corrected chi connectivity index (χ4v) is 1.95. The summed E-state index contributed by atoms with van der Waals surface area (Å²) in [5, 5.41) is 3.25. The minimum Gasteiger partial charge on any atom is -0.457 e. The van der Waals surface area contributed by atoms with Crippen molar-refractivity contribution in [2.24, 2.45) is 0 Å². The van der Waals surface area contributed by atoms with Gasteiger partial charge in [0.2, 0.25) is 0 Å². The Morgan fingerprint density at radius 1 is 1.05 bits per heavy atom. The Morgan fingerprint density at radius 2 is 1.79 bits per heavy atom. The molecule has 3 heteroatoms. The summed E-state index contributed by atoms with van der Waals surface area (Å²) in [6.07, 6.45) is 2.83. The second kappa shape index (κ2) is 6.23. The molecule has 0 aliphatic heterocycles. The number of aromatic nitrogens is 1. The lowest BCUT2D eigenvalue weighted by molar-refractivity contribution is 0.481. The average molecular weight is 256 g/mol. The van der Waals surface area contributed by atoms with E-state index in [1.54, 1.807) is 6.20 Å². The van der Waals surface area contributed by atoms with Crippen molar-refractivity contribution in [3.63, 3.8) is 0 Å². The fourth-order valence-electron chi connectivity index (χ4n) is 1.95. The Bertz CT molecular complexity index is 532. The van der Waals surface area contributed by atoms with E-state index in [9.17, 15) is 0 Å². The topological polar surface area (TPSA) is 34.1 Å². The lowest BCUT2D eigenvalue weighted by atomic mass is 10.1. The van der Waals surface area contributed by atoms with E-state index >= 15 is 0 Å². The lowest BCUT2D eigenvalue weighted by Crippen LogP contribution is -2.01. The molecule has 0 saturated heterocycles. The second-order valence-corrected chi connectivity index (χ2v) is 4.73. The van der Waals surface area contributed by atoms with Crippen molar-refractivity contribution in [2.75, 3.05) is 11.9 Å². The molecule has 3 nitrogen and oxygen atoms in total. The molecule has 19 heavy (non-hydrogen) atoms. The Balaban J connectivity index is 2.13. The number of pyridine rings is 1. The first-order valence-corrected chi connectivity index (χ1v) is 6.63. The fraction of sp³-hybridized carbons (Fsp3) is 0.312. The normalized spacial score (nSPS) is 10.3. The molecule has 0 saturated carbocycles. The number of anilines is 1. The number of hydrogen-bond donors (Lipinski definition) is 1. The largest absolute Gasteiger partial charge is 0.457 e. The Kier molecular flexibility index (Phi) is 4.39. The number of nitrogens with one attached hydrogen (secondary N) is 1. The van der Waals surface area contributed by atoms with E-state index < -0.39 is 0 Å². The van der Waals surface area contributed by atoms with Gasteiger partial charge >= 0.3 is 0 Å². The molecule has 0 aliphatic rings. The molecule has 0 aliphatic carbocycles. The molecule has 0 unspecified atom stereocenters. The van der Waals surface area contributed by atoms with Gasteiger partial charge in [0.1, 0.15) is 17.3 Å². The number of hydrogen-bond acceptors (Lipinski definition) is 3. The molecule has 1 N–H and O–H groups in total.